The van der Waals surface area contributed by atoms with Gasteiger partial charge in [0, 0.05) is 55.6 Å². The van der Waals surface area contributed by atoms with Crippen molar-refractivity contribution in [2.24, 2.45) is 0 Å². The molecule has 0 unspecified atom stereocenters. The molecule has 5 nitrogen and oxygen atoms in total. The van der Waals surface area contributed by atoms with E-state index in [1.54, 1.807) is 17.5 Å². The van der Waals surface area contributed by atoms with Crippen molar-refractivity contribution in [1.29, 1.82) is 0 Å². The lowest BCUT2D eigenvalue weighted by Crippen LogP contribution is -2.51. The molecule has 4 rings (SSSR count). The molecule has 2 fully saturated rings. The first kappa shape index (κ1) is 16.7. The molecule has 2 aromatic heterocycles. The third-order valence-electron chi connectivity index (χ3n) is 5.30. The summed E-state index contributed by atoms with van der Waals surface area (Å²) in [6.45, 7) is 3.76. The van der Waals surface area contributed by atoms with E-state index >= 15 is 0 Å². The fraction of sp³-hybridized carbons (Fsp3) is 0.526. The van der Waals surface area contributed by atoms with Crippen molar-refractivity contribution < 1.29 is 4.79 Å². The first-order chi connectivity index (χ1) is 12.3. The molecule has 6 heteroatoms. The molecule has 1 saturated heterocycles. The number of rotatable bonds is 4. The van der Waals surface area contributed by atoms with Gasteiger partial charge in [0.05, 0.1) is 12.1 Å². The average Bonchev–Trinajstić information content (AvgIpc) is 3.35. The molecule has 1 amide bonds. The second-order valence-electron chi connectivity index (χ2n) is 6.92. The van der Waals surface area contributed by atoms with Crippen LogP contribution in [0.25, 0.3) is 10.6 Å². The summed E-state index contributed by atoms with van der Waals surface area (Å²) in [4.78, 5) is 25.9. The van der Waals surface area contributed by atoms with E-state index in [1.807, 2.05) is 28.6 Å². The molecule has 25 heavy (non-hydrogen) atoms. The monoisotopic (exact) mass is 356 g/mol. The van der Waals surface area contributed by atoms with Gasteiger partial charge in [-0.3, -0.25) is 14.7 Å². The van der Waals surface area contributed by atoms with Crippen LogP contribution in [0.15, 0.2) is 29.9 Å². The summed E-state index contributed by atoms with van der Waals surface area (Å²) in [5.74, 6) is 0.203. The third kappa shape index (κ3) is 3.90. The Hall–Kier alpha value is -1.79. The lowest BCUT2D eigenvalue weighted by molar-refractivity contribution is -0.132. The minimum absolute atomic E-state index is 0.203. The van der Waals surface area contributed by atoms with Gasteiger partial charge in [-0.2, -0.15) is 0 Å². The number of thiazole rings is 1. The van der Waals surface area contributed by atoms with Crippen LogP contribution in [0.4, 0.5) is 0 Å². The van der Waals surface area contributed by atoms with E-state index in [4.69, 9.17) is 0 Å². The topological polar surface area (TPSA) is 49.3 Å². The SMILES string of the molecule is O=C(Cc1csc(-c2cccnc2)n1)N1CCN(C2CCCC2)CC1. The summed E-state index contributed by atoms with van der Waals surface area (Å²) in [7, 11) is 0. The molecule has 0 spiro atoms. The minimum Gasteiger partial charge on any atom is -0.340 e. The summed E-state index contributed by atoms with van der Waals surface area (Å²) in [5, 5.41) is 2.93. The maximum Gasteiger partial charge on any atom is 0.228 e. The van der Waals surface area contributed by atoms with Gasteiger partial charge in [-0.1, -0.05) is 12.8 Å². The van der Waals surface area contributed by atoms with Gasteiger partial charge in [-0.05, 0) is 25.0 Å². The number of carbonyl (C=O) groups is 1. The summed E-state index contributed by atoms with van der Waals surface area (Å²) in [6, 6.07) is 4.67. The number of piperazine rings is 1. The van der Waals surface area contributed by atoms with E-state index < -0.39 is 0 Å². The molecule has 1 aliphatic carbocycles. The van der Waals surface area contributed by atoms with Crippen molar-refractivity contribution in [2.75, 3.05) is 26.2 Å². The Morgan fingerprint density at radius 1 is 1.20 bits per heavy atom. The van der Waals surface area contributed by atoms with Crippen molar-refractivity contribution in [3.63, 3.8) is 0 Å². The largest absolute Gasteiger partial charge is 0.340 e. The summed E-state index contributed by atoms with van der Waals surface area (Å²) in [5.41, 5.74) is 1.88. The van der Waals surface area contributed by atoms with Gasteiger partial charge in [0.1, 0.15) is 5.01 Å². The van der Waals surface area contributed by atoms with E-state index in [-0.39, 0.29) is 5.91 Å². The van der Waals surface area contributed by atoms with Crippen molar-refractivity contribution in [2.45, 2.75) is 38.1 Å². The second kappa shape index (κ2) is 7.62. The van der Waals surface area contributed by atoms with Gasteiger partial charge in [-0.25, -0.2) is 4.98 Å². The van der Waals surface area contributed by atoms with Crippen LogP contribution < -0.4 is 0 Å². The molecular weight excluding hydrogens is 332 g/mol. The van der Waals surface area contributed by atoms with Crippen molar-refractivity contribution in [3.8, 4) is 10.6 Å². The lowest BCUT2D eigenvalue weighted by Gasteiger charge is -2.38. The third-order valence-corrected chi connectivity index (χ3v) is 6.24. The molecule has 2 aromatic rings. The van der Waals surface area contributed by atoms with Gasteiger partial charge in [0.15, 0.2) is 0 Å². The number of hydrogen-bond donors (Lipinski definition) is 0. The first-order valence-electron chi connectivity index (χ1n) is 9.16. The Kier molecular flexibility index (Phi) is 5.08. The predicted octanol–water partition coefficient (Wildman–Crippen LogP) is 2.83. The van der Waals surface area contributed by atoms with Crippen LogP contribution in [-0.2, 0) is 11.2 Å². The Morgan fingerprint density at radius 3 is 2.72 bits per heavy atom. The van der Waals surface area contributed by atoms with E-state index in [1.165, 1.54) is 25.7 Å². The standard InChI is InChI=1S/C19H24N4OS/c24-18(23-10-8-22(9-11-23)17-5-1-2-6-17)12-16-14-25-19(21-16)15-4-3-7-20-13-15/h3-4,7,13-14,17H,1-2,5-6,8-12H2. The number of amides is 1. The number of hydrogen-bond acceptors (Lipinski definition) is 5. The number of pyridine rings is 1. The van der Waals surface area contributed by atoms with Gasteiger partial charge < -0.3 is 4.90 Å². The van der Waals surface area contributed by atoms with Gasteiger partial charge in [0.2, 0.25) is 5.91 Å². The Labute approximate surface area is 152 Å². The van der Waals surface area contributed by atoms with Crippen molar-refractivity contribution >= 4 is 17.2 Å². The van der Waals surface area contributed by atoms with Crippen LogP contribution in [0, 0.1) is 0 Å². The molecule has 0 N–H and O–H groups in total. The van der Waals surface area contributed by atoms with Crippen LogP contribution in [-0.4, -0.2) is 57.9 Å². The van der Waals surface area contributed by atoms with Crippen LogP contribution in [0.2, 0.25) is 0 Å². The molecule has 132 valence electrons. The van der Waals surface area contributed by atoms with Crippen LogP contribution in [0.5, 0.6) is 0 Å². The average molecular weight is 356 g/mol. The maximum atomic E-state index is 12.6. The van der Waals surface area contributed by atoms with Crippen molar-refractivity contribution in [3.05, 3.63) is 35.6 Å². The first-order valence-corrected chi connectivity index (χ1v) is 10.0. The van der Waals surface area contributed by atoms with Crippen molar-refractivity contribution in [1.82, 2.24) is 19.8 Å². The zero-order valence-corrected chi connectivity index (χ0v) is 15.2. The Bertz CT molecular complexity index is 703. The molecule has 3 heterocycles. The van der Waals surface area contributed by atoms with E-state index in [2.05, 4.69) is 14.9 Å². The fourth-order valence-electron chi connectivity index (χ4n) is 3.88. The number of nitrogens with zero attached hydrogens (tertiary/aromatic N) is 4. The van der Waals surface area contributed by atoms with E-state index in [9.17, 15) is 4.79 Å². The highest BCUT2D eigenvalue weighted by Crippen LogP contribution is 2.25. The Balaban J connectivity index is 1.31. The highest BCUT2D eigenvalue weighted by atomic mass is 32.1. The fourth-order valence-corrected chi connectivity index (χ4v) is 4.69. The van der Waals surface area contributed by atoms with Crippen LogP contribution >= 0.6 is 11.3 Å². The van der Waals surface area contributed by atoms with Gasteiger partial charge in [0.25, 0.3) is 0 Å². The minimum atomic E-state index is 0.203. The van der Waals surface area contributed by atoms with E-state index in [0.29, 0.717) is 6.42 Å². The lowest BCUT2D eigenvalue weighted by atomic mass is 10.1. The van der Waals surface area contributed by atoms with Crippen LogP contribution in [0.1, 0.15) is 31.4 Å². The van der Waals surface area contributed by atoms with Gasteiger partial charge >= 0.3 is 0 Å². The zero-order chi connectivity index (χ0) is 17.1. The van der Waals surface area contributed by atoms with E-state index in [0.717, 1.165) is 48.5 Å². The Morgan fingerprint density at radius 2 is 2.00 bits per heavy atom. The molecule has 0 radical (unpaired) electrons. The maximum absolute atomic E-state index is 12.6. The van der Waals surface area contributed by atoms with Gasteiger partial charge in [-0.15, -0.1) is 11.3 Å². The summed E-state index contributed by atoms with van der Waals surface area (Å²) >= 11 is 1.58. The number of aromatic nitrogens is 2. The quantitative estimate of drug-likeness (QED) is 0.845. The smallest absolute Gasteiger partial charge is 0.228 e. The highest BCUT2D eigenvalue weighted by molar-refractivity contribution is 7.13. The summed E-state index contributed by atoms with van der Waals surface area (Å²) < 4.78 is 0. The highest BCUT2D eigenvalue weighted by Gasteiger charge is 2.28. The molecule has 0 aromatic carbocycles. The zero-order valence-electron chi connectivity index (χ0n) is 14.4. The second-order valence-corrected chi connectivity index (χ2v) is 7.78. The van der Waals surface area contributed by atoms with Crippen LogP contribution in [0.3, 0.4) is 0 Å². The number of carbonyl (C=O) groups excluding carboxylic acids is 1. The normalized spacial score (nSPS) is 19.4. The predicted molar refractivity (Wildman–Crippen MR) is 99.5 cm³/mol. The molecule has 1 aliphatic heterocycles. The molecule has 0 atom stereocenters. The molecule has 0 bridgehead atoms. The molecule has 1 saturated carbocycles. The molecular formula is C19H24N4OS. The summed E-state index contributed by atoms with van der Waals surface area (Å²) in [6.07, 6.45) is 9.38. The molecule has 2 aliphatic rings.